The fourth-order valence-electron chi connectivity index (χ4n) is 7.10. The standard InChI is InChI=1S/C22H31BrN2OS/c23-22-11-16-8-17(12-22)10-21(9-16,15-22)13-20(26)24-14-18(19-4-3-7-27-19)25-5-1-2-6-25/h3-4,7,16-18H,1-2,5-6,8-15H2,(H,24,26). The highest BCUT2D eigenvalue weighted by molar-refractivity contribution is 9.10. The van der Waals surface area contributed by atoms with E-state index >= 15 is 0 Å². The molecule has 4 aliphatic carbocycles. The summed E-state index contributed by atoms with van der Waals surface area (Å²) in [6, 6.07) is 4.72. The molecule has 4 saturated carbocycles. The van der Waals surface area contributed by atoms with E-state index in [1.807, 2.05) is 11.3 Å². The molecule has 1 saturated heterocycles. The number of carbonyl (C=O) groups excluding carboxylic acids is 1. The quantitative estimate of drug-likeness (QED) is 0.609. The molecule has 1 aromatic heterocycles. The van der Waals surface area contributed by atoms with Crippen molar-refractivity contribution in [3.05, 3.63) is 22.4 Å². The molecule has 3 atom stereocenters. The van der Waals surface area contributed by atoms with Gasteiger partial charge in [0.15, 0.2) is 0 Å². The van der Waals surface area contributed by atoms with E-state index in [2.05, 4.69) is 43.7 Å². The lowest BCUT2D eigenvalue weighted by atomic mass is 9.48. The van der Waals surface area contributed by atoms with Gasteiger partial charge in [-0.1, -0.05) is 22.0 Å². The molecule has 1 aromatic rings. The number of thiophene rings is 1. The second-order valence-corrected chi connectivity index (χ2v) is 12.5. The Hall–Kier alpha value is -0.390. The van der Waals surface area contributed by atoms with E-state index in [9.17, 15) is 4.79 Å². The maximum Gasteiger partial charge on any atom is 0.220 e. The van der Waals surface area contributed by atoms with Crippen LogP contribution in [0, 0.1) is 17.3 Å². The van der Waals surface area contributed by atoms with E-state index in [0.717, 1.165) is 37.9 Å². The zero-order valence-corrected chi connectivity index (χ0v) is 18.5. The maximum atomic E-state index is 13.0. The first kappa shape index (κ1) is 18.6. The summed E-state index contributed by atoms with van der Waals surface area (Å²) in [5.41, 5.74) is 0.268. The van der Waals surface area contributed by atoms with Gasteiger partial charge in [0.05, 0.1) is 6.04 Å². The molecule has 1 amide bonds. The molecular weight excluding hydrogens is 420 g/mol. The van der Waals surface area contributed by atoms with Gasteiger partial charge in [-0.15, -0.1) is 11.3 Å². The topological polar surface area (TPSA) is 32.3 Å². The summed E-state index contributed by atoms with van der Waals surface area (Å²) in [6.07, 6.45) is 11.2. The maximum absolute atomic E-state index is 13.0. The molecule has 0 spiro atoms. The zero-order valence-electron chi connectivity index (χ0n) is 16.1. The van der Waals surface area contributed by atoms with Gasteiger partial charge in [0, 0.05) is 22.2 Å². The first-order valence-corrected chi connectivity index (χ1v) is 12.4. The Kier molecular flexibility index (Phi) is 4.93. The van der Waals surface area contributed by atoms with E-state index in [0.29, 0.717) is 10.4 Å². The van der Waals surface area contributed by atoms with Crippen LogP contribution in [-0.4, -0.2) is 34.8 Å². The van der Waals surface area contributed by atoms with Crippen molar-refractivity contribution < 1.29 is 4.79 Å². The van der Waals surface area contributed by atoms with Crippen molar-refractivity contribution in [2.45, 2.75) is 68.2 Å². The summed E-state index contributed by atoms with van der Waals surface area (Å²) in [5.74, 6) is 1.98. The lowest BCUT2D eigenvalue weighted by Crippen LogP contribution is -2.54. The third-order valence-electron chi connectivity index (χ3n) is 7.59. The molecule has 3 unspecified atom stereocenters. The average molecular weight is 451 g/mol. The van der Waals surface area contributed by atoms with Gasteiger partial charge in [-0.2, -0.15) is 0 Å². The molecule has 2 heterocycles. The number of alkyl halides is 1. The first-order valence-electron chi connectivity index (χ1n) is 10.8. The molecule has 6 rings (SSSR count). The molecule has 148 valence electrons. The summed E-state index contributed by atoms with van der Waals surface area (Å²) in [5, 5.41) is 5.50. The van der Waals surface area contributed by atoms with E-state index in [1.165, 1.54) is 56.2 Å². The van der Waals surface area contributed by atoms with E-state index < -0.39 is 0 Å². The number of rotatable bonds is 6. The van der Waals surface area contributed by atoms with Gasteiger partial charge in [-0.3, -0.25) is 9.69 Å². The number of nitrogens with one attached hydrogen (secondary N) is 1. The van der Waals surface area contributed by atoms with Crippen molar-refractivity contribution in [1.29, 1.82) is 0 Å². The molecule has 3 nitrogen and oxygen atoms in total. The number of hydrogen-bond acceptors (Lipinski definition) is 3. The Bertz CT molecular complexity index is 670. The average Bonchev–Trinajstić information content (AvgIpc) is 3.26. The third kappa shape index (κ3) is 3.76. The number of nitrogens with zero attached hydrogens (tertiary/aromatic N) is 1. The molecule has 5 fully saturated rings. The van der Waals surface area contributed by atoms with Crippen molar-refractivity contribution in [2.24, 2.45) is 17.3 Å². The summed E-state index contributed by atoms with van der Waals surface area (Å²) >= 11 is 5.90. The van der Waals surface area contributed by atoms with Gasteiger partial charge in [0.25, 0.3) is 0 Å². The van der Waals surface area contributed by atoms with Gasteiger partial charge in [-0.05, 0) is 93.2 Å². The number of amides is 1. The normalized spacial score (nSPS) is 39.0. The number of halogens is 1. The fourth-order valence-corrected chi connectivity index (χ4v) is 9.47. The second kappa shape index (κ2) is 7.14. The molecule has 0 radical (unpaired) electrons. The van der Waals surface area contributed by atoms with Crippen molar-refractivity contribution >= 4 is 33.2 Å². The van der Waals surface area contributed by atoms with E-state index in [-0.39, 0.29) is 11.3 Å². The predicted octanol–water partition coefficient (Wildman–Crippen LogP) is 5.13. The molecule has 1 aliphatic heterocycles. The number of hydrogen-bond donors (Lipinski definition) is 1. The van der Waals surface area contributed by atoms with Gasteiger partial charge in [0.1, 0.15) is 0 Å². The first-order chi connectivity index (χ1) is 13.0. The Morgan fingerprint density at radius 1 is 1.26 bits per heavy atom. The molecule has 27 heavy (non-hydrogen) atoms. The Morgan fingerprint density at radius 3 is 2.63 bits per heavy atom. The lowest BCUT2D eigenvalue weighted by molar-refractivity contribution is -0.128. The molecule has 0 aromatic carbocycles. The van der Waals surface area contributed by atoms with Crippen LogP contribution >= 0.6 is 27.3 Å². The second-order valence-electron chi connectivity index (χ2n) is 9.87. The van der Waals surface area contributed by atoms with Crippen LogP contribution in [0.5, 0.6) is 0 Å². The SMILES string of the molecule is O=C(CC12CC3CC(CC(Br)(C3)C1)C2)NCC(c1cccs1)N1CCCC1. The summed E-state index contributed by atoms with van der Waals surface area (Å²) in [6.45, 7) is 3.09. The van der Waals surface area contributed by atoms with Gasteiger partial charge in [0.2, 0.25) is 5.91 Å². The Labute approximate surface area is 175 Å². The lowest BCUT2D eigenvalue weighted by Gasteiger charge is -2.60. The summed E-state index contributed by atoms with van der Waals surface area (Å²) in [4.78, 5) is 16.9. The monoisotopic (exact) mass is 450 g/mol. The highest BCUT2D eigenvalue weighted by Gasteiger charge is 2.57. The van der Waals surface area contributed by atoms with Crippen LogP contribution in [0.4, 0.5) is 0 Å². The fraction of sp³-hybridized carbons (Fsp3) is 0.773. The predicted molar refractivity (Wildman–Crippen MR) is 114 cm³/mol. The molecular formula is C22H31BrN2OS. The van der Waals surface area contributed by atoms with Crippen molar-refractivity contribution in [1.82, 2.24) is 10.2 Å². The van der Waals surface area contributed by atoms with Crippen molar-refractivity contribution in [3.8, 4) is 0 Å². The minimum Gasteiger partial charge on any atom is -0.354 e. The highest BCUT2D eigenvalue weighted by atomic mass is 79.9. The molecule has 5 heteroatoms. The van der Waals surface area contributed by atoms with Gasteiger partial charge < -0.3 is 5.32 Å². The largest absolute Gasteiger partial charge is 0.354 e. The van der Waals surface area contributed by atoms with E-state index in [4.69, 9.17) is 0 Å². The zero-order chi connectivity index (χ0) is 18.5. The van der Waals surface area contributed by atoms with Gasteiger partial charge in [-0.25, -0.2) is 0 Å². The van der Waals surface area contributed by atoms with Crippen LogP contribution < -0.4 is 5.32 Å². The number of likely N-dealkylation sites (tertiary alicyclic amines) is 1. The van der Waals surface area contributed by atoms with Crippen LogP contribution in [0.3, 0.4) is 0 Å². The van der Waals surface area contributed by atoms with Crippen molar-refractivity contribution in [3.63, 3.8) is 0 Å². The smallest absolute Gasteiger partial charge is 0.220 e. The third-order valence-corrected chi connectivity index (χ3v) is 9.49. The van der Waals surface area contributed by atoms with Crippen LogP contribution in [0.15, 0.2) is 17.5 Å². The van der Waals surface area contributed by atoms with Gasteiger partial charge >= 0.3 is 0 Å². The highest BCUT2D eigenvalue weighted by Crippen LogP contribution is 2.65. The Morgan fingerprint density at radius 2 is 2.00 bits per heavy atom. The van der Waals surface area contributed by atoms with Crippen LogP contribution in [-0.2, 0) is 4.79 Å². The molecule has 1 N–H and O–H groups in total. The summed E-state index contributed by atoms with van der Waals surface area (Å²) in [7, 11) is 0. The molecule has 4 bridgehead atoms. The molecule has 5 aliphatic rings. The van der Waals surface area contributed by atoms with Crippen LogP contribution in [0.2, 0.25) is 0 Å². The number of carbonyl (C=O) groups is 1. The minimum absolute atomic E-state index is 0.268. The minimum atomic E-state index is 0.268. The van der Waals surface area contributed by atoms with Crippen LogP contribution in [0.1, 0.15) is 68.7 Å². The Balaban J connectivity index is 1.23. The van der Waals surface area contributed by atoms with Crippen LogP contribution in [0.25, 0.3) is 0 Å². The van der Waals surface area contributed by atoms with E-state index in [1.54, 1.807) is 0 Å². The van der Waals surface area contributed by atoms with Crippen molar-refractivity contribution in [2.75, 3.05) is 19.6 Å². The summed E-state index contributed by atoms with van der Waals surface area (Å²) < 4.78 is 0.340.